The van der Waals surface area contributed by atoms with E-state index in [0.29, 0.717) is 11.6 Å². The van der Waals surface area contributed by atoms with Crippen LogP contribution < -0.4 is 5.32 Å². The van der Waals surface area contributed by atoms with Crippen molar-refractivity contribution in [2.75, 3.05) is 6.54 Å². The Morgan fingerprint density at radius 1 is 1.29 bits per heavy atom. The van der Waals surface area contributed by atoms with Crippen LogP contribution in [0.5, 0.6) is 0 Å². The van der Waals surface area contributed by atoms with E-state index in [4.69, 9.17) is 4.42 Å². The van der Waals surface area contributed by atoms with E-state index in [1.54, 1.807) is 19.1 Å². The van der Waals surface area contributed by atoms with Crippen LogP contribution >= 0.6 is 0 Å². The second-order valence-corrected chi connectivity index (χ2v) is 5.54. The molecular weight excluding hydrogens is 310 g/mol. The SMILES string of the molecule is CC(O)(CNC(=O)Cn1nnc(-c2ccccc2)n1)c1ccco1. The third kappa shape index (κ3) is 3.66. The highest BCUT2D eigenvalue weighted by Crippen LogP contribution is 2.19. The molecule has 0 saturated heterocycles. The lowest BCUT2D eigenvalue weighted by Gasteiger charge is -2.20. The van der Waals surface area contributed by atoms with Gasteiger partial charge >= 0.3 is 0 Å². The summed E-state index contributed by atoms with van der Waals surface area (Å²) in [5.74, 6) is 0.498. The van der Waals surface area contributed by atoms with Gasteiger partial charge in [0.2, 0.25) is 11.7 Å². The molecule has 8 nitrogen and oxygen atoms in total. The zero-order chi connectivity index (χ0) is 17.0. The van der Waals surface area contributed by atoms with Crippen LogP contribution in [0.4, 0.5) is 0 Å². The fourth-order valence-corrected chi connectivity index (χ4v) is 2.14. The number of nitrogens with one attached hydrogen (secondary N) is 1. The zero-order valence-corrected chi connectivity index (χ0v) is 13.1. The van der Waals surface area contributed by atoms with Gasteiger partial charge < -0.3 is 14.8 Å². The monoisotopic (exact) mass is 327 g/mol. The maximum absolute atomic E-state index is 12.0. The normalized spacial score (nSPS) is 13.4. The van der Waals surface area contributed by atoms with Gasteiger partial charge in [0.05, 0.1) is 12.8 Å². The molecule has 3 aromatic rings. The number of nitrogens with zero attached hydrogens (tertiary/aromatic N) is 4. The first-order chi connectivity index (χ1) is 11.5. The second-order valence-electron chi connectivity index (χ2n) is 5.54. The van der Waals surface area contributed by atoms with Gasteiger partial charge in [0.25, 0.3) is 0 Å². The van der Waals surface area contributed by atoms with Gasteiger partial charge in [0, 0.05) is 5.56 Å². The summed E-state index contributed by atoms with van der Waals surface area (Å²) >= 11 is 0. The fraction of sp³-hybridized carbons (Fsp3) is 0.250. The Balaban J connectivity index is 1.57. The van der Waals surface area contributed by atoms with E-state index in [-0.39, 0.29) is 19.0 Å². The van der Waals surface area contributed by atoms with Crippen LogP contribution in [0.2, 0.25) is 0 Å². The Morgan fingerprint density at radius 3 is 2.79 bits per heavy atom. The number of aliphatic hydroxyl groups is 1. The number of benzene rings is 1. The summed E-state index contributed by atoms with van der Waals surface area (Å²) in [6.45, 7) is 1.49. The molecule has 1 atom stereocenters. The summed E-state index contributed by atoms with van der Waals surface area (Å²) in [6, 6.07) is 12.7. The number of amides is 1. The molecule has 2 aromatic heterocycles. The number of rotatable bonds is 6. The zero-order valence-electron chi connectivity index (χ0n) is 13.1. The van der Waals surface area contributed by atoms with Crippen molar-refractivity contribution < 1.29 is 14.3 Å². The lowest BCUT2D eigenvalue weighted by atomic mass is 10.0. The van der Waals surface area contributed by atoms with E-state index < -0.39 is 5.60 Å². The Morgan fingerprint density at radius 2 is 2.08 bits per heavy atom. The van der Waals surface area contributed by atoms with E-state index in [2.05, 4.69) is 20.7 Å². The highest BCUT2D eigenvalue weighted by Gasteiger charge is 2.26. The molecule has 0 aliphatic rings. The standard InChI is InChI=1S/C16H17N5O3/c1-16(23,13-8-5-9-24-13)11-17-14(22)10-21-19-15(18-20-21)12-6-3-2-4-7-12/h2-9,23H,10-11H2,1H3,(H,17,22). The lowest BCUT2D eigenvalue weighted by Crippen LogP contribution is -2.40. The maximum Gasteiger partial charge on any atom is 0.243 e. The third-order valence-corrected chi connectivity index (χ3v) is 3.45. The van der Waals surface area contributed by atoms with Gasteiger partial charge in [-0.05, 0) is 24.3 Å². The van der Waals surface area contributed by atoms with Crippen LogP contribution in [0.1, 0.15) is 12.7 Å². The number of aromatic nitrogens is 4. The van der Waals surface area contributed by atoms with E-state index in [1.165, 1.54) is 11.1 Å². The smallest absolute Gasteiger partial charge is 0.243 e. The van der Waals surface area contributed by atoms with Gasteiger partial charge in [0.1, 0.15) is 17.9 Å². The number of carbonyl (C=O) groups is 1. The Kier molecular flexibility index (Phi) is 4.39. The van der Waals surface area contributed by atoms with Gasteiger partial charge in [0.15, 0.2) is 0 Å². The molecule has 0 bridgehead atoms. The average molecular weight is 327 g/mol. The van der Waals surface area contributed by atoms with Gasteiger partial charge in [-0.3, -0.25) is 4.79 Å². The largest absolute Gasteiger partial charge is 0.466 e. The summed E-state index contributed by atoms with van der Waals surface area (Å²) in [5.41, 5.74) is -0.464. The van der Waals surface area contributed by atoms with Crippen molar-refractivity contribution in [3.05, 3.63) is 54.5 Å². The number of furan rings is 1. The minimum absolute atomic E-state index is 0.0135. The third-order valence-electron chi connectivity index (χ3n) is 3.45. The van der Waals surface area contributed by atoms with Gasteiger partial charge in [-0.2, -0.15) is 4.80 Å². The molecule has 3 rings (SSSR count). The van der Waals surface area contributed by atoms with Crippen molar-refractivity contribution >= 4 is 5.91 Å². The quantitative estimate of drug-likeness (QED) is 0.698. The summed E-state index contributed by atoms with van der Waals surface area (Å²) in [5, 5.41) is 24.9. The van der Waals surface area contributed by atoms with Crippen LogP contribution in [-0.4, -0.2) is 37.8 Å². The molecule has 0 saturated carbocycles. The predicted molar refractivity (Wildman–Crippen MR) is 84.5 cm³/mol. The first kappa shape index (κ1) is 15.9. The first-order valence-electron chi connectivity index (χ1n) is 7.41. The molecule has 24 heavy (non-hydrogen) atoms. The summed E-state index contributed by atoms with van der Waals surface area (Å²) in [6.07, 6.45) is 1.47. The number of hydrogen-bond donors (Lipinski definition) is 2. The van der Waals surface area contributed by atoms with Crippen molar-refractivity contribution in [3.8, 4) is 11.4 Å². The molecule has 2 N–H and O–H groups in total. The van der Waals surface area contributed by atoms with Gasteiger partial charge in [-0.15, -0.1) is 10.2 Å². The molecule has 0 aliphatic heterocycles. The average Bonchev–Trinajstić information content (AvgIpc) is 3.26. The van der Waals surface area contributed by atoms with E-state index in [1.807, 2.05) is 30.3 Å². The number of tetrazole rings is 1. The van der Waals surface area contributed by atoms with Gasteiger partial charge in [-0.25, -0.2) is 0 Å². The summed E-state index contributed by atoms with van der Waals surface area (Å²) < 4.78 is 5.16. The molecule has 0 spiro atoms. The number of carbonyl (C=O) groups excluding carboxylic acids is 1. The maximum atomic E-state index is 12.0. The second kappa shape index (κ2) is 6.63. The van der Waals surface area contributed by atoms with Crippen molar-refractivity contribution in [2.45, 2.75) is 19.1 Å². The van der Waals surface area contributed by atoms with Crippen LogP contribution in [0.15, 0.2) is 53.1 Å². The van der Waals surface area contributed by atoms with E-state index in [0.717, 1.165) is 5.56 Å². The topological polar surface area (TPSA) is 106 Å². The Labute approximate surface area is 138 Å². The molecular formula is C16H17N5O3. The molecule has 1 amide bonds. The van der Waals surface area contributed by atoms with Crippen molar-refractivity contribution in [1.29, 1.82) is 0 Å². The van der Waals surface area contributed by atoms with E-state index in [9.17, 15) is 9.90 Å². The molecule has 1 aromatic carbocycles. The lowest BCUT2D eigenvalue weighted by molar-refractivity contribution is -0.123. The van der Waals surface area contributed by atoms with Crippen LogP contribution in [0.3, 0.4) is 0 Å². The minimum Gasteiger partial charge on any atom is -0.466 e. The van der Waals surface area contributed by atoms with Crippen LogP contribution in [0.25, 0.3) is 11.4 Å². The van der Waals surface area contributed by atoms with Crippen LogP contribution in [-0.2, 0) is 16.9 Å². The Hall–Kier alpha value is -3.00. The van der Waals surface area contributed by atoms with Crippen molar-refractivity contribution in [1.82, 2.24) is 25.5 Å². The Bertz CT molecular complexity index is 796. The molecule has 124 valence electrons. The number of hydrogen-bond acceptors (Lipinski definition) is 6. The highest BCUT2D eigenvalue weighted by molar-refractivity contribution is 5.75. The van der Waals surface area contributed by atoms with Gasteiger partial charge in [-0.1, -0.05) is 30.3 Å². The molecule has 0 fully saturated rings. The van der Waals surface area contributed by atoms with E-state index >= 15 is 0 Å². The summed E-state index contributed by atoms with van der Waals surface area (Å²) in [7, 11) is 0. The van der Waals surface area contributed by atoms with Crippen LogP contribution in [0, 0.1) is 0 Å². The summed E-state index contributed by atoms with van der Waals surface area (Å²) in [4.78, 5) is 13.2. The fourth-order valence-electron chi connectivity index (χ4n) is 2.14. The molecule has 8 heteroatoms. The first-order valence-corrected chi connectivity index (χ1v) is 7.41. The minimum atomic E-state index is -1.29. The molecule has 2 heterocycles. The molecule has 0 aliphatic carbocycles. The highest BCUT2D eigenvalue weighted by atomic mass is 16.4. The molecule has 0 radical (unpaired) electrons. The predicted octanol–water partition coefficient (Wildman–Crippen LogP) is 0.957. The molecule has 1 unspecified atom stereocenters. The van der Waals surface area contributed by atoms with Crippen molar-refractivity contribution in [3.63, 3.8) is 0 Å². The van der Waals surface area contributed by atoms with Crippen molar-refractivity contribution in [2.24, 2.45) is 0 Å².